The second-order valence-corrected chi connectivity index (χ2v) is 6.06. The lowest BCUT2D eigenvalue weighted by atomic mass is 10.0. The van der Waals surface area contributed by atoms with Crippen molar-refractivity contribution in [2.75, 3.05) is 0 Å². The number of rotatable bonds is 2. The molecule has 0 bridgehead atoms. The minimum Gasteiger partial charge on any atom is -0.250 e. The number of aromatic amines is 1. The lowest BCUT2D eigenvalue weighted by Gasteiger charge is -2.20. The normalized spacial score (nSPS) is 17.6. The fourth-order valence-electron chi connectivity index (χ4n) is 2.20. The maximum Gasteiger partial charge on any atom is 0.216 e. The first-order valence-corrected chi connectivity index (χ1v) is 7.23. The number of H-pyrrole nitrogens is 1. The van der Waals surface area contributed by atoms with Crippen LogP contribution in [0.15, 0.2) is 17.2 Å². The molecule has 0 radical (unpaired) electrons. The van der Waals surface area contributed by atoms with Crippen LogP contribution in [-0.4, -0.2) is 25.1 Å². The van der Waals surface area contributed by atoms with Crippen molar-refractivity contribution in [1.29, 1.82) is 0 Å². The highest BCUT2D eigenvalue weighted by Gasteiger charge is 2.15. The fourth-order valence-corrected chi connectivity index (χ4v) is 3.57. The van der Waals surface area contributed by atoms with Gasteiger partial charge in [0.1, 0.15) is 5.03 Å². The summed E-state index contributed by atoms with van der Waals surface area (Å²) >= 11 is 7.00. The summed E-state index contributed by atoms with van der Waals surface area (Å²) in [5.41, 5.74) is 0.781. The Morgan fingerprint density at radius 2 is 2.12 bits per heavy atom. The molecule has 2 heterocycles. The summed E-state index contributed by atoms with van der Waals surface area (Å²) < 4.78 is 2.26. The molecule has 1 saturated carbocycles. The lowest BCUT2D eigenvalue weighted by molar-refractivity contribution is 0.515. The first kappa shape index (κ1) is 11.2. The second kappa shape index (κ2) is 4.78. The van der Waals surface area contributed by atoms with Crippen LogP contribution in [0.4, 0.5) is 0 Å². The average molecular weight is 266 g/mol. The number of hydrogen-bond acceptors (Lipinski definition) is 4. The Bertz CT molecular complexity index is 568. The maximum absolute atomic E-state index is 5.12. The van der Waals surface area contributed by atoms with Crippen molar-refractivity contribution < 1.29 is 0 Å². The van der Waals surface area contributed by atoms with Crippen molar-refractivity contribution in [3.63, 3.8) is 0 Å². The summed E-state index contributed by atoms with van der Waals surface area (Å²) in [6.45, 7) is 0. The van der Waals surface area contributed by atoms with Crippen LogP contribution in [0.2, 0.25) is 0 Å². The quantitative estimate of drug-likeness (QED) is 0.848. The van der Waals surface area contributed by atoms with Gasteiger partial charge in [0.15, 0.2) is 5.65 Å². The minimum absolute atomic E-state index is 0.561. The molecule has 0 unspecified atom stereocenters. The van der Waals surface area contributed by atoms with Gasteiger partial charge in [-0.25, -0.2) is 5.10 Å². The van der Waals surface area contributed by atoms with E-state index in [1.54, 1.807) is 4.52 Å². The third-order valence-electron chi connectivity index (χ3n) is 3.09. The first-order valence-electron chi connectivity index (χ1n) is 5.94. The van der Waals surface area contributed by atoms with E-state index >= 15 is 0 Å². The van der Waals surface area contributed by atoms with Gasteiger partial charge >= 0.3 is 0 Å². The van der Waals surface area contributed by atoms with Gasteiger partial charge in [-0.3, -0.25) is 0 Å². The smallest absolute Gasteiger partial charge is 0.216 e. The molecule has 0 saturated heterocycles. The highest BCUT2D eigenvalue weighted by atomic mass is 32.2. The van der Waals surface area contributed by atoms with Crippen LogP contribution in [0.1, 0.15) is 32.1 Å². The number of nitrogens with zero attached hydrogens (tertiary/aromatic N) is 3. The molecule has 1 fully saturated rings. The van der Waals surface area contributed by atoms with E-state index < -0.39 is 0 Å². The summed E-state index contributed by atoms with van der Waals surface area (Å²) in [4.78, 5) is 0. The van der Waals surface area contributed by atoms with Gasteiger partial charge in [0.25, 0.3) is 0 Å². The minimum atomic E-state index is 0.561. The molecular formula is C11H14N4S2. The van der Waals surface area contributed by atoms with Gasteiger partial charge in [-0.2, -0.15) is 14.7 Å². The van der Waals surface area contributed by atoms with E-state index in [1.165, 1.54) is 32.1 Å². The zero-order valence-corrected chi connectivity index (χ0v) is 11.1. The summed E-state index contributed by atoms with van der Waals surface area (Å²) in [5.74, 6) is 0. The Balaban J connectivity index is 1.84. The zero-order chi connectivity index (χ0) is 11.7. The van der Waals surface area contributed by atoms with E-state index in [2.05, 4.69) is 15.3 Å². The van der Waals surface area contributed by atoms with Gasteiger partial charge in [-0.15, -0.1) is 11.8 Å². The molecule has 17 heavy (non-hydrogen) atoms. The molecule has 2 aromatic rings. The predicted molar refractivity (Wildman–Crippen MR) is 70.9 cm³/mol. The van der Waals surface area contributed by atoms with Crippen molar-refractivity contribution in [3.05, 3.63) is 16.9 Å². The molecule has 0 spiro atoms. The fraction of sp³-hybridized carbons (Fsp3) is 0.545. The van der Waals surface area contributed by atoms with Crippen LogP contribution in [0.25, 0.3) is 5.65 Å². The number of fused-ring (bicyclic) bond motifs is 1. The Kier molecular flexibility index (Phi) is 3.15. The maximum atomic E-state index is 5.12. The van der Waals surface area contributed by atoms with Gasteiger partial charge in [0, 0.05) is 5.25 Å². The van der Waals surface area contributed by atoms with E-state index in [1.807, 2.05) is 23.9 Å². The van der Waals surface area contributed by atoms with Crippen LogP contribution in [0.3, 0.4) is 0 Å². The van der Waals surface area contributed by atoms with Crippen LogP contribution in [0.5, 0.6) is 0 Å². The monoisotopic (exact) mass is 266 g/mol. The van der Waals surface area contributed by atoms with E-state index in [-0.39, 0.29) is 0 Å². The molecule has 2 aromatic heterocycles. The number of nitrogens with one attached hydrogen (secondary N) is 1. The Labute approximate surface area is 109 Å². The predicted octanol–water partition coefficient (Wildman–Crippen LogP) is 3.21. The Morgan fingerprint density at radius 1 is 1.29 bits per heavy atom. The molecule has 0 aliphatic heterocycles. The molecule has 4 nitrogen and oxygen atoms in total. The van der Waals surface area contributed by atoms with E-state index in [0.29, 0.717) is 4.77 Å². The van der Waals surface area contributed by atoms with Gasteiger partial charge in [-0.05, 0) is 37.2 Å². The van der Waals surface area contributed by atoms with Crippen molar-refractivity contribution >= 4 is 29.6 Å². The summed E-state index contributed by atoms with van der Waals surface area (Å²) in [7, 11) is 0. The molecule has 1 N–H and O–H groups in total. The highest BCUT2D eigenvalue weighted by Crippen LogP contribution is 2.32. The van der Waals surface area contributed by atoms with Crippen molar-refractivity contribution in [2.45, 2.75) is 42.4 Å². The molecule has 0 atom stereocenters. The van der Waals surface area contributed by atoms with Crippen LogP contribution in [-0.2, 0) is 0 Å². The zero-order valence-electron chi connectivity index (χ0n) is 9.43. The molecule has 0 aromatic carbocycles. The van der Waals surface area contributed by atoms with Gasteiger partial charge in [0.2, 0.25) is 4.77 Å². The van der Waals surface area contributed by atoms with Gasteiger partial charge in [0.05, 0.1) is 0 Å². The number of thioether (sulfide) groups is 1. The van der Waals surface area contributed by atoms with Crippen molar-refractivity contribution in [3.8, 4) is 0 Å². The van der Waals surface area contributed by atoms with E-state index in [0.717, 1.165) is 15.9 Å². The van der Waals surface area contributed by atoms with E-state index in [9.17, 15) is 0 Å². The Morgan fingerprint density at radius 3 is 2.94 bits per heavy atom. The SMILES string of the molecule is S=c1[nH]nc2ccc(SC3CCCCC3)nn12. The topological polar surface area (TPSA) is 46.0 Å². The van der Waals surface area contributed by atoms with E-state index in [4.69, 9.17) is 12.2 Å². The summed E-state index contributed by atoms with van der Waals surface area (Å²) in [6, 6.07) is 3.99. The standard InChI is InChI=1S/C11H14N4S2/c16-11-13-12-9-6-7-10(14-15(9)11)17-8-4-2-1-3-5-8/h6-8H,1-5H2,(H,13,16). The number of aromatic nitrogens is 4. The van der Waals surface area contributed by atoms with Crippen LogP contribution >= 0.6 is 24.0 Å². The Hall–Kier alpha value is -0.880. The van der Waals surface area contributed by atoms with Gasteiger partial charge < -0.3 is 0 Å². The first-order chi connectivity index (χ1) is 8.33. The molecule has 1 aliphatic carbocycles. The van der Waals surface area contributed by atoms with Crippen LogP contribution in [0, 0.1) is 4.77 Å². The molecule has 6 heteroatoms. The summed E-state index contributed by atoms with van der Waals surface area (Å²) in [6.07, 6.45) is 6.70. The highest BCUT2D eigenvalue weighted by molar-refractivity contribution is 7.99. The van der Waals surface area contributed by atoms with Crippen molar-refractivity contribution in [2.24, 2.45) is 0 Å². The third kappa shape index (κ3) is 2.37. The van der Waals surface area contributed by atoms with Gasteiger partial charge in [-0.1, -0.05) is 19.3 Å². The lowest BCUT2D eigenvalue weighted by Crippen LogP contribution is -2.08. The number of hydrogen-bond donors (Lipinski definition) is 1. The average Bonchev–Trinajstić information content (AvgIpc) is 2.73. The molecule has 1 aliphatic rings. The largest absolute Gasteiger partial charge is 0.250 e. The van der Waals surface area contributed by atoms with Crippen LogP contribution < -0.4 is 0 Å². The molecule has 3 rings (SSSR count). The molecule has 0 amide bonds. The second-order valence-electron chi connectivity index (χ2n) is 4.35. The molecular weight excluding hydrogens is 252 g/mol. The summed E-state index contributed by atoms with van der Waals surface area (Å²) in [5, 5.41) is 13.1. The van der Waals surface area contributed by atoms with Crippen molar-refractivity contribution in [1.82, 2.24) is 19.8 Å². The third-order valence-corrected chi connectivity index (χ3v) is 4.62. The molecule has 90 valence electrons.